The average Bonchev–Trinajstić information content (AvgIpc) is 3.44. The summed E-state index contributed by atoms with van der Waals surface area (Å²) in [6, 6.07) is 20.7. The standard InChI is InChI=1S/C27H24N2O5/c1-2-28(16-19-12-13-23-24(15-19)34-17-33-23)27(32)22(14-18-8-4-3-5-9-18)29-25(30)20-10-6-7-11-21(20)26(29)31/h3-13,15,22H,2,14,16-17H2,1H3. The molecular weight excluding hydrogens is 432 g/mol. The number of rotatable bonds is 7. The predicted molar refractivity (Wildman–Crippen MR) is 125 cm³/mol. The topological polar surface area (TPSA) is 76.2 Å². The van der Waals surface area contributed by atoms with E-state index in [9.17, 15) is 14.4 Å². The average molecular weight is 456 g/mol. The van der Waals surface area contributed by atoms with E-state index in [2.05, 4.69) is 0 Å². The molecule has 0 fully saturated rings. The number of ether oxygens (including phenoxy) is 2. The van der Waals surface area contributed by atoms with Crippen molar-refractivity contribution in [2.24, 2.45) is 0 Å². The molecule has 5 rings (SSSR count). The fraction of sp³-hybridized carbons (Fsp3) is 0.222. The first-order valence-electron chi connectivity index (χ1n) is 11.2. The monoisotopic (exact) mass is 456 g/mol. The molecule has 0 spiro atoms. The Morgan fingerprint density at radius 2 is 1.53 bits per heavy atom. The number of imide groups is 1. The van der Waals surface area contributed by atoms with E-state index in [1.165, 1.54) is 0 Å². The van der Waals surface area contributed by atoms with Crippen molar-refractivity contribution in [1.82, 2.24) is 9.80 Å². The van der Waals surface area contributed by atoms with Crippen LogP contribution in [0.15, 0.2) is 72.8 Å². The van der Waals surface area contributed by atoms with Gasteiger partial charge in [0, 0.05) is 19.5 Å². The quantitative estimate of drug-likeness (QED) is 0.507. The molecule has 2 aliphatic heterocycles. The minimum atomic E-state index is -0.955. The Labute approximate surface area is 197 Å². The molecule has 0 aliphatic carbocycles. The van der Waals surface area contributed by atoms with Crippen LogP contribution in [0.25, 0.3) is 0 Å². The van der Waals surface area contributed by atoms with Gasteiger partial charge in [-0.3, -0.25) is 19.3 Å². The number of carbonyl (C=O) groups is 3. The van der Waals surface area contributed by atoms with Crippen molar-refractivity contribution in [3.63, 3.8) is 0 Å². The minimum Gasteiger partial charge on any atom is -0.454 e. The lowest BCUT2D eigenvalue weighted by Gasteiger charge is -2.31. The lowest BCUT2D eigenvalue weighted by Crippen LogP contribution is -2.51. The summed E-state index contributed by atoms with van der Waals surface area (Å²) in [5, 5.41) is 0. The summed E-state index contributed by atoms with van der Waals surface area (Å²) in [5.41, 5.74) is 2.41. The van der Waals surface area contributed by atoms with Gasteiger partial charge in [0.05, 0.1) is 11.1 Å². The van der Waals surface area contributed by atoms with Crippen molar-refractivity contribution in [3.8, 4) is 11.5 Å². The van der Waals surface area contributed by atoms with E-state index in [1.807, 2.05) is 55.5 Å². The van der Waals surface area contributed by atoms with Crippen molar-refractivity contribution in [2.45, 2.75) is 25.9 Å². The van der Waals surface area contributed by atoms with Crippen molar-refractivity contribution < 1.29 is 23.9 Å². The van der Waals surface area contributed by atoms with Crippen molar-refractivity contribution in [2.75, 3.05) is 13.3 Å². The summed E-state index contributed by atoms with van der Waals surface area (Å²) in [7, 11) is 0. The first-order chi connectivity index (χ1) is 16.6. The van der Waals surface area contributed by atoms with Gasteiger partial charge in [-0.05, 0) is 42.3 Å². The van der Waals surface area contributed by atoms with Crippen LogP contribution in [0.3, 0.4) is 0 Å². The Balaban J connectivity index is 1.46. The molecule has 2 heterocycles. The third kappa shape index (κ3) is 3.90. The summed E-state index contributed by atoms with van der Waals surface area (Å²) in [6.07, 6.45) is 0.239. The molecule has 0 aromatic heterocycles. The van der Waals surface area contributed by atoms with Crippen LogP contribution < -0.4 is 9.47 Å². The van der Waals surface area contributed by atoms with Crippen molar-refractivity contribution in [1.29, 1.82) is 0 Å². The zero-order valence-electron chi connectivity index (χ0n) is 18.8. The van der Waals surface area contributed by atoms with E-state index in [4.69, 9.17) is 9.47 Å². The molecule has 0 radical (unpaired) electrons. The number of hydrogen-bond acceptors (Lipinski definition) is 5. The van der Waals surface area contributed by atoms with E-state index in [-0.39, 0.29) is 19.1 Å². The van der Waals surface area contributed by atoms with Crippen LogP contribution >= 0.6 is 0 Å². The van der Waals surface area contributed by atoms with Crippen LogP contribution in [0, 0.1) is 0 Å². The lowest BCUT2D eigenvalue weighted by atomic mass is 10.0. The molecule has 1 unspecified atom stereocenters. The van der Waals surface area contributed by atoms with E-state index in [1.54, 1.807) is 29.2 Å². The van der Waals surface area contributed by atoms with Gasteiger partial charge in [-0.25, -0.2) is 0 Å². The van der Waals surface area contributed by atoms with E-state index in [0.717, 1.165) is 16.0 Å². The van der Waals surface area contributed by atoms with Crippen LogP contribution in [-0.2, 0) is 17.8 Å². The number of carbonyl (C=O) groups excluding carboxylic acids is 3. The van der Waals surface area contributed by atoms with E-state index >= 15 is 0 Å². The van der Waals surface area contributed by atoms with Gasteiger partial charge in [0.15, 0.2) is 11.5 Å². The number of amides is 3. The normalized spacial score (nSPS) is 14.8. The van der Waals surface area contributed by atoms with E-state index < -0.39 is 17.9 Å². The van der Waals surface area contributed by atoms with Crippen LogP contribution in [0.4, 0.5) is 0 Å². The third-order valence-electron chi connectivity index (χ3n) is 6.20. The second-order valence-electron chi connectivity index (χ2n) is 8.27. The number of fused-ring (bicyclic) bond motifs is 2. The molecule has 172 valence electrons. The zero-order chi connectivity index (χ0) is 23.7. The molecular formula is C27H24N2O5. The maximum atomic E-state index is 13.9. The highest BCUT2D eigenvalue weighted by Crippen LogP contribution is 2.33. The second kappa shape index (κ2) is 9.02. The summed E-state index contributed by atoms with van der Waals surface area (Å²) >= 11 is 0. The summed E-state index contributed by atoms with van der Waals surface area (Å²) in [4.78, 5) is 43.1. The maximum absolute atomic E-state index is 13.9. The maximum Gasteiger partial charge on any atom is 0.262 e. The van der Waals surface area contributed by atoms with Crippen LogP contribution in [-0.4, -0.2) is 46.9 Å². The number of benzene rings is 3. The molecule has 7 nitrogen and oxygen atoms in total. The molecule has 3 aromatic rings. The fourth-order valence-corrected chi connectivity index (χ4v) is 4.43. The van der Waals surface area contributed by atoms with Crippen LogP contribution in [0.2, 0.25) is 0 Å². The molecule has 2 aliphatic rings. The molecule has 7 heteroatoms. The third-order valence-corrected chi connectivity index (χ3v) is 6.20. The Morgan fingerprint density at radius 1 is 0.882 bits per heavy atom. The SMILES string of the molecule is CCN(Cc1ccc2c(c1)OCO2)C(=O)C(Cc1ccccc1)N1C(=O)c2ccccc2C1=O. The molecule has 0 saturated carbocycles. The Kier molecular flexibility index (Phi) is 5.76. The summed E-state index contributed by atoms with van der Waals surface area (Å²) in [6.45, 7) is 2.79. The lowest BCUT2D eigenvalue weighted by molar-refractivity contribution is -0.135. The largest absolute Gasteiger partial charge is 0.454 e. The minimum absolute atomic E-state index is 0.175. The Morgan fingerprint density at radius 3 is 2.21 bits per heavy atom. The molecule has 0 saturated heterocycles. The van der Waals surface area contributed by atoms with Crippen LogP contribution in [0.1, 0.15) is 38.8 Å². The highest BCUT2D eigenvalue weighted by molar-refractivity contribution is 6.22. The molecule has 0 bridgehead atoms. The summed E-state index contributed by atoms with van der Waals surface area (Å²) < 4.78 is 10.8. The number of hydrogen-bond donors (Lipinski definition) is 0. The molecule has 3 aromatic carbocycles. The van der Waals surface area contributed by atoms with Crippen molar-refractivity contribution >= 4 is 17.7 Å². The number of nitrogens with zero attached hydrogens (tertiary/aromatic N) is 2. The predicted octanol–water partition coefficient (Wildman–Crippen LogP) is 3.67. The Hall–Kier alpha value is -4.13. The van der Waals surface area contributed by atoms with Crippen molar-refractivity contribution in [3.05, 3.63) is 95.1 Å². The van der Waals surface area contributed by atoms with Gasteiger partial charge in [0.2, 0.25) is 12.7 Å². The smallest absolute Gasteiger partial charge is 0.262 e. The highest BCUT2D eigenvalue weighted by Gasteiger charge is 2.43. The van der Waals surface area contributed by atoms with Gasteiger partial charge in [0.25, 0.3) is 11.8 Å². The van der Waals surface area contributed by atoms with Gasteiger partial charge in [-0.2, -0.15) is 0 Å². The molecule has 3 amide bonds. The van der Waals surface area contributed by atoms with Gasteiger partial charge in [-0.1, -0.05) is 48.5 Å². The highest BCUT2D eigenvalue weighted by atomic mass is 16.7. The second-order valence-corrected chi connectivity index (χ2v) is 8.27. The molecule has 0 N–H and O–H groups in total. The number of likely N-dealkylation sites (N-methyl/N-ethyl adjacent to an activating group) is 1. The van der Waals surface area contributed by atoms with Gasteiger partial charge in [-0.15, -0.1) is 0 Å². The molecule has 1 atom stereocenters. The zero-order valence-corrected chi connectivity index (χ0v) is 18.8. The van der Waals surface area contributed by atoms with Gasteiger partial charge < -0.3 is 14.4 Å². The Bertz CT molecular complexity index is 1220. The fourth-order valence-electron chi connectivity index (χ4n) is 4.43. The first-order valence-corrected chi connectivity index (χ1v) is 11.2. The summed E-state index contributed by atoms with van der Waals surface area (Å²) in [5.74, 6) is 0.162. The first kappa shape index (κ1) is 21.7. The van der Waals surface area contributed by atoms with E-state index in [0.29, 0.717) is 35.7 Å². The molecule has 34 heavy (non-hydrogen) atoms. The van der Waals surface area contributed by atoms with Crippen LogP contribution in [0.5, 0.6) is 11.5 Å². The van der Waals surface area contributed by atoms with Gasteiger partial charge in [0.1, 0.15) is 6.04 Å². The van der Waals surface area contributed by atoms with Gasteiger partial charge >= 0.3 is 0 Å².